The number of halogens is 4. The summed E-state index contributed by atoms with van der Waals surface area (Å²) in [6, 6.07) is 13.7. The van der Waals surface area contributed by atoms with Crippen LogP contribution in [0.1, 0.15) is 36.8 Å². The molecular formula is C27H38Cl2F2N2O3. The highest BCUT2D eigenvalue weighted by Crippen LogP contribution is 2.36. The first-order valence-corrected chi connectivity index (χ1v) is 12.3. The second-order valence-corrected chi connectivity index (χ2v) is 9.30. The first-order chi connectivity index (χ1) is 16.6. The third kappa shape index (κ3) is 8.54. The SMILES string of the molecule is CN(CCCC1(c2ccc(F)cc2)OCCO1)CCN1CCC(Oc2ccc(CF)cc2)CC1.Cl.Cl. The van der Waals surface area contributed by atoms with Crippen LogP contribution < -0.4 is 4.74 Å². The second-order valence-electron chi connectivity index (χ2n) is 9.30. The molecule has 2 saturated heterocycles. The van der Waals surface area contributed by atoms with E-state index in [9.17, 15) is 8.78 Å². The van der Waals surface area contributed by atoms with Crippen LogP contribution >= 0.6 is 24.8 Å². The summed E-state index contributed by atoms with van der Waals surface area (Å²) >= 11 is 0. The van der Waals surface area contributed by atoms with Gasteiger partial charge in [-0.2, -0.15) is 0 Å². The Hall–Kier alpha value is -1.48. The number of benzene rings is 2. The van der Waals surface area contributed by atoms with Crippen LogP contribution in [-0.4, -0.2) is 68.9 Å². The van der Waals surface area contributed by atoms with Gasteiger partial charge in [0, 0.05) is 38.2 Å². The molecule has 0 atom stereocenters. The summed E-state index contributed by atoms with van der Waals surface area (Å²) in [5.74, 6) is -0.175. The van der Waals surface area contributed by atoms with Crippen molar-refractivity contribution in [3.63, 3.8) is 0 Å². The van der Waals surface area contributed by atoms with Gasteiger partial charge in [-0.25, -0.2) is 8.78 Å². The lowest BCUT2D eigenvalue weighted by molar-refractivity contribution is -0.172. The van der Waals surface area contributed by atoms with Crippen molar-refractivity contribution in [1.82, 2.24) is 9.80 Å². The Morgan fingerprint density at radius 2 is 1.61 bits per heavy atom. The van der Waals surface area contributed by atoms with E-state index in [4.69, 9.17) is 14.2 Å². The van der Waals surface area contributed by atoms with E-state index in [1.807, 2.05) is 12.1 Å². The lowest BCUT2D eigenvalue weighted by Crippen LogP contribution is -2.41. The minimum Gasteiger partial charge on any atom is -0.490 e. The standard InChI is InChI=1S/C27H36F2N2O3.2ClH/c1-30(14-2-13-27(32-19-20-33-27)23-5-7-24(29)8-6-23)17-18-31-15-11-26(12-16-31)34-25-9-3-22(21-28)4-10-25;;/h3-10,26H,2,11-21H2,1H3;2*1H. The number of alkyl halides is 1. The van der Waals surface area contributed by atoms with Crippen LogP contribution in [0.25, 0.3) is 0 Å². The molecule has 0 aliphatic carbocycles. The Kier molecular flexibility index (Phi) is 12.9. The van der Waals surface area contributed by atoms with Crippen LogP contribution in [0.5, 0.6) is 5.75 Å². The average Bonchev–Trinajstić information content (AvgIpc) is 3.34. The maximum atomic E-state index is 13.3. The molecule has 0 spiro atoms. The molecule has 2 heterocycles. The molecule has 4 rings (SSSR count). The first-order valence-electron chi connectivity index (χ1n) is 12.3. The first kappa shape index (κ1) is 30.7. The molecule has 2 fully saturated rings. The number of piperidine rings is 1. The van der Waals surface area contributed by atoms with E-state index >= 15 is 0 Å². The van der Waals surface area contributed by atoms with E-state index < -0.39 is 12.5 Å². The molecule has 2 aromatic rings. The van der Waals surface area contributed by atoms with E-state index in [0.717, 1.165) is 69.7 Å². The fraction of sp³-hybridized carbons (Fsp3) is 0.556. The Bertz CT molecular complexity index is 876. The summed E-state index contributed by atoms with van der Waals surface area (Å²) in [7, 11) is 2.15. The smallest absolute Gasteiger partial charge is 0.195 e. The maximum absolute atomic E-state index is 13.3. The molecule has 36 heavy (non-hydrogen) atoms. The number of hydrogen-bond acceptors (Lipinski definition) is 5. The predicted octanol–water partition coefficient (Wildman–Crippen LogP) is 5.59. The van der Waals surface area contributed by atoms with Gasteiger partial charge in [0.25, 0.3) is 0 Å². The zero-order valence-corrected chi connectivity index (χ0v) is 22.5. The molecule has 9 heteroatoms. The molecule has 0 radical (unpaired) electrons. The van der Waals surface area contributed by atoms with Crippen LogP contribution in [-0.2, 0) is 21.9 Å². The molecule has 5 nitrogen and oxygen atoms in total. The van der Waals surface area contributed by atoms with E-state index in [-0.39, 0.29) is 36.7 Å². The molecule has 2 aliphatic heterocycles. The Morgan fingerprint density at radius 1 is 0.972 bits per heavy atom. The largest absolute Gasteiger partial charge is 0.490 e. The summed E-state index contributed by atoms with van der Waals surface area (Å²) < 4.78 is 44.0. The van der Waals surface area contributed by atoms with Gasteiger partial charge < -0.3 is 24.0 Å². The van der Waals surface area contributed by atoms with Gasteiger partial charge in [0.05, 0.1) is 13.2 Å². The van der Waals surface area contributed by atoms with Crippen molar-refractivity contribution >= 4 is 24.8 Å². The summed E-state index contributed by atoms with van der Waals surface area (Å²) in [5, 5.41) is 0. The molecular weight excluding hydrogens is 509 g/mol. The number of likely N-dealkylation sites (N-methyl/N-ethyl adjacent to an activating group) is 1. The van der Waals surface area contributed by atoms with Gasteiger partial charge in [0.15, 0.2) is 5.79 Å². The van der Waals surface area contributed by atoms with Crippen LogP contribution in [0.15, 0.2) is 48.5 Å². The van der Waals surface area contributed by atoms with Gasteiger partial charge in [-0.15, -0.1) is 24.8 Å². The Balaban J connectivity index is 0.00000228. The summed E-state index contributed by atoms with van der Waals surface area (Å²) in [5.41, 5.74) is 1.57. The minimum atomic E-state index is -0.747. The van der Waals surface area contributed by atoms with E-state index in [1.54, 1.807) is 24.3 Å². The highest BCUT2D eigenvalue weighted by atomic mass is 35.5. The molecule has 0 bridgehead atoms. The molecule has 202 valence electrons. The fourth-order valence-electron chi connectivity index (χ4n) is 4.72. The maximum Gasteiger partial charge on any atom is 0.195 e. The fourth-order valence-corrected chi connectivity index (χ4v) is 4.72. The van der Waals surface area contributed by atoms with Crippen LogP contribution in [0, 0.1) is 5.82 Å². The van der Waals surface area contributed by atoms with Crippen molar-refractivity contribution in [1.29, 1.82) is 0 Å². The number of rotatable bonds is 11. The lowest BCUT2D eigenvalue weighted by Gasteiger charge is -2.33. The van der Waals surface area contributed by atoms with Crippen molar-refractivity contribution in [3.8, 4) is 5.75 Å². The Labute approximate surface area is 225 Å². The number of ether oxygens (including phenoxy) is 3. The molecule has 0 amide bonds. The summed E-state index contributed by atoms with van der Waals surface area (Å²) in [4.78, 5) is 4.84. The second kappa shape index (κ2) is 15.1. The lowest BCUT2D eigenvalue weighted by atomic mass is 10.0. The molecule has 0 N–H and O–H groups in total. The highest BCUT2D eigenvalue weighted by Gasteiger charge is 2.38. The molecule has 2 aromatic carbocycles. The van der Waals surface area contributed by atoms with E-state index in [0.29, 0.717) is 18.8 Å². The monoisotopic (exact) mass is 546 g/mol. The van der Waals surface area contributed by atoms with Crippen molar-refractivity contribution in [2.75, 3.05) is 53.0 Å². The van der Waals surface area contributed by atoms with Crippen LogP contribution in [0.3, 0.4) is 0 Å². The van der Waals surface area contributed by atoms with Gasteiger partial charge in [-0.3, -0.25) is 0 Å². The quantitative estimate of drug-likeness (QED) is 0.366. The average molecular weight is 548 g/mol. The van der Waals surface area contributed by atoms with Gasteiger partial charge in [0.2, 0.25) is 0 Å². The van der Waals surface area contributed by atoms with Gasteiger partial charge in [-0.1, -0.05) is 24.3 Å². The topological polar surface area (TPSA) is 34.2 Å². The van der Waals surface area contributed by atoms with Crippen LogP contribution in [0.2, 0.25) is 0 Å². The number of nitrogens with zero attached hydrogens (tertiary/aromatic N) is 2. The van der Waals surface area contributed by atoms with Gasteiger partial charge in [-0.05, 0) is 62.7 Å². The normalized spacial score (nSPS) is 18.0. The van der Waals surface area contributed by atoms with E-state index in [2.05, 4.69) is 16.8 Å². The Morgan fingerprint density at radius 3 is 2.22 bits per heavy atom. The van der Waals surface area contributed by atoms with Gasteiger partial charge >= 0.3 is 0 Å². The van der Waals surface area contributed by atoms with Gasteiger partial charge in [0.1, 0.15) is 24.3 Å². The summed E-state index contributed by atoms with van der Waals surface area (Å²) in [6.07, 6.45) is 3.91. The van der Waals surface area contributed by atoms with Crippen molar-refractivity contribution in [2.45, 2.75) is 44.2 Å². The third-order valence-corrected chi connectivity index (χ3v) is 6.80. The van der Waals surface area contributed by atoms with E-state index in [1.165, 1.54) is 12.1 Å². The molecule has 0 aromatic heterocycles. The minimum absolute atomic E-state index is 0. The van der Waals surface area contributed by atoms with Crippen LogP contribution in [0.4, 0.5) is 8.78 Å². The molecule has 2 aliphatic rings. The number of likely N-dealkylation sites (tertiary alicyclic amines) is 1. The highest BCUT2D eigenvalue weighted by molar-refractivity contribution is 5.85. The van der Waals surface area contributed by atoms with Crippen molar-refractivity contribution in [2.24, 2.45) is 0 Å². The molecule has 0 unspecified atom stereocenters. The molecule has 0 saturated carbocycles. The van der Waals surface area contributed by atoms with Crippen molar-refractivity contribution in [3.05, 3.63) is 65.5 Å². The zero-order valence-electron chi connectivity index (χ0n) is 20.9. The summed E-state index contributed by atoms with van der Waals surface area (Å²) in [6.45, 7) is 5.72. The number of hydrogen-bond donors (Lipinski definition) is 0. The van der Waals surface area contributed by atoms with Crippen molar-refractivity contribution < 1.29 is 23.0 Å². The predicted molar refractivity (Wildman–Crippen MR) is 143 cm³/mol. The zero-order chi connectivity index (χ0) is 23.8. The third-order valence-electron chi connectivity index (χ3n) is 6.80.